The number of hydrogen-bond acceptors (Lipinski definition) is 2. The van der Waals surface area contributed by atoms with Crippen LogP contribution in [0.3, 0.4) is 0 Å². The average molecular weight is 304 g/mol. The monoisotopic (exact) mass is 303 g/mol. The molecule has 1 aliphatic heterocycles. The average Bonchev–Trinajstić information content (AvgIpc) is 2.48. The Morgan fingerprint density at radius 2 is 1.90 bits per heavy atom. The Morgan fingerprint density at radius 1 is 1.15 bits per heavy atom. The highest BCUT2D eigenvalue weighted by Crippen LogP contribution is 2.33. The van der Waals surface area contributed by atoms with Gasteiger partial charge in [0.15, 0.2) is 0 Å². The number of benzene rings is 2. The first-order valence-electron chi connectivity index (χ1n) is 6.91. The van der Waals surface area contributed by atoms with E-state index in [1.807, 2.05) is 23.9 Å². The molecular weight excluding hydrogens is 286 g/mol. The van der Waals surface area contributed by atoms with Crippen LogP contribution in [0.15, 0.2) is 48.5 Å². The molecule has 0 spiro atoms. The van der Waals surface area contributed by atoms with Crippen molar-refractivity contribution in [1.29, 1.82) is 0 Å². The molecule has 0 saturated heterocycles. The van der Waals surface area contributed by atoms with Crippen molar-refractivity contribution in [2.45, 2.75) is 24.8 Å². The summed E-state index contributed by atoms with van der Waals surface area (Å²) in [6, 6.07) is 17.6. The summed E-state index contributed by atoms with van der Waals surface area (Å²) in [7, 11) is 0. The molecule has 3 rings (SSSR count). The van der Waals surface area contributed by atoms with Crippen LogP contribution in [-0.4, -0.2) is 5.75 Å². The van der Waals surface area contributed by atoms with Gasteiger partial charge in [-0.15, -0.1) is 0 Å². The third-order valence-electron chi connectivity index (χ3n) is 3.79. The zero-order valence-electron chi connectivity index (χ0n) is 11.5. The Labute approximate surface area is 129 Å². The van der Waals surface area contributed by atoms with Crippen LogP contribution < -0.4 is 5.32 Å². The molecule has 2 unspecified atom stereocenters. The van der Waals surface area contributed by atoms with Crippen LogP contribution in [0.25, 0.3) is 0 Å². The highest BCUT2D eigenvalue weighted by atomic mass is 35.5. The summed E-state index contributed by atoms with van der Waals surface area (Å²) < 4.78 is 0. The third kappa shape index (κ3) is 3.03. The molecule has 0 fully saturated rings. The Balaban J connectivity index is 1.77. The minimum Gasteiger partial charge on any atom is -0.303 e. The molecule has 2 aromatic rings. The molecule has 1 N–H and O–H groups in total. The van der Waals surface area contributed by atoms with Crippen molar-refractivity contribution in [3.05, 3.63) is 70.2 Å². The van der Waals surface area contributed by atoms with Crippen molar-refractivity contribution in [2.75, 3.05) is 5.75 Å². The molecule has 0 aliphatic carbocycles. The number of rotatable bonds is 3. The minimum atomic E-state index is 0.323. The van der Waals surface area contributed by atoms with Crippen LogP contribution in [0.5, 0.6) is 0 Å². The normalized spacial score (nSPS) is 19.4. The van der Waals surface area contributed by atoms with Crippen LogP contribution in [0.1, 0.15) is 35.7 Å². The van der Waals surface area contributed by atoms with Crippen LogP contribution in [0.2, 0.25) is 5.02 Å². The summed E-state index contributed by atoms with van der Waals surface area (Å²) in [4.78, 5) is 0. The lowest BCUT2D eigenvalue weighted by molar-refractivity contribution is 0.496. The summed E-state index contributed by atoms with van der Waals surface area (Å²) in [6.07, 6.45) is 0. The molecule has 104 valence electrons. The Hall–Kier alpha value is -0.960. The first-order chi connectivity index (χ1) is 9.74. The van der Waals surface area contributed by atoms with Crippen molar-refractivity contribution in [3.8, 4) is 0 Å². The summed E-state index contributed by atoms with van der Waals surface area (Å²) in [5.41, 5.74) is 4.19. The van der Waals surface area contributed by atoms with Gasteiger partial charge in [-0.25, -0.2) is 0 Å². The van der Waals surface area contributed by atoms with Crippen LogP contribution in [-0.2, 0) is 5.75 Å². The fourth-order valence-corrected chi connectivity index (χ4v) is 3.91. The Bertz CT molecular complexity index is 582. The van der Waals surface area contributed by atoms with Gasteiger partial charge in [0.05, 0.1) is 0 Å². The number of nitrogens with one attached hydrogen (secondary N) is 1. The van der Waals surface area contributed by atoms with E-state index in [4.69, 9.17) is 11.6 Å². The second-order valence-corrected chi connectivity index (χ2v) is 6.67. The standard InChI is InChI=1S/C17H18ClNS/c1-12(13-6-8-15(18)9-7-13)19-17-11-20-10-14-4-2-3-5-16(14)17/h2-9,12,17,19H,10-11H2,1H3. The molecule has 2 atom stereocenters. The van der Waals surface area contributed by atoms with Crippen molar-refractivity contribution >= 4 is 23.4 Å². The maximum Gasteiger partial charge on any atom is 0.0419 e. The maximum absolute atomic E-state index is 5.95. The number of thioether (sulfide) groups is 1. The first kappa shape index (κ1) is 14.0. The number of halogens is 1. The largest absolute Gasteiger partial charge is 0.303 e. The van der Waals surface area contributed by atoms with Gasteiger partial charge in [0.25, 0.3) is 0 Å². The van der Waals surface area contributed by atoms with E-state index in [1.54, 1.807) is 0 Å². The van der Waals surface area contributed by atoms with Gasteiger partial charge in [-0.1, -0.05) is 48.0 Å². The van der Waals surface area contributed by atoms with Crippen LogP contribution >= 0.6 is 23.4 Å². The molecular formula is C17H18ClNS. The van der Waals surface area contributed by atoms with Gasteiger partial charge in [0, 0.05) is 28.6 Å². The number of fused-ring (bicyclic) bond motifs is 1. The smallest absolute Gasteiger partial charge is 0.0419 e. The number of hydrogen-bond donors (Lipinski definition) is 1. The quantitative estimate of drug-likeness (QED) is 0.858. The molecule has 2 aromatic carbocycles. The van der Waals surface area contributed by atoms with Gasteiger partial charge >= 0.3 is 0 Å². The zero-order chi connectivity index (χ0) is 13.9. The highest BCUT2D eigenvalue weighted by Gasteiger charge is 2.21. The molecule has 1 heterocycles. The van der Waals surface area contributed by atoms with Crippen molar-refractivity contribution in [1.82, 2.24) is 5.32 Å². The van der Waals surface area contributed by atoms with Crippen LogP contribution in [0, 0.1) is 0 Å². The molecule has 1 aliphatic rings. The molecule has 0 aromatic heterocycles. The fraction of sp³-hybridized carbons (Fsp3) is 0.294. The van der Waals surface area contributed by atoms with Crippen molar-refractivity contribution < 1.29 is 0 Å². The second kappa shape index (κ2) is 6.21. The lowest BCUT2D eigenvalue weighted by Gasteiger charge is -2.29. The first-order valence-corrected chi connectivity index (χ1v) is 8.44. The molecule has 0 amide bonds. The predicted octanol–water partition coefficient (Wildman–Crippen LogP) is 4.98. The SMILES string of the molecule is CC(NC1CSCc2ccccc21)c1ccc(Cl)cc1. The molecule has 0 radical (unpaired) electrons. The van der Waals surface area contributed by atoms with Gasteiger partial charge in [-0.2, -0.15) is 11.8 Å². The van der Waals surface area contributed by atoms with Crippen molar-refractivity contribution in [2.24, 2.45) is 0 Å². The van der Waals surface area contributed by atoms with Gasteiger partial charge < -0.3 is 5.32 Å². The van der Waals surface area contributed by atoms with E-state index in [-0.39, 0.29) is 0 Å². The summed E-state index contributed by atoms with van der Waals surface area (Å²) in [6.45, 7) is 2.21. The summed E-state index contributed by atoms with van der Waals surface area (Å²) >= 11 is 7.95. The molecule has 0 bridgehead atoms. The maximum atomic E-state index is 5.95. The molecule has 0 saturated carbocycles. The predicted molar refractivity (Wildman–Crippen MR) is 88.3 cm³/mol. The lowest BCUT2D eigenvalue weighted by atomic mass is 10.00. The van der Waals surface area contributed by atoms with Gasteiger partial charge in [0.2, 0.25) is 0 Å². The van der Waals surface area contributed by atoms with Crippen LogP contribution in [0.4, 0.5) is 0 Å². The van der Waals surface area contributed by atoms with E-state index < -0.39 is 0 Å². The topological polar surface area (TPSA) is 12.0 Å². The molecule has 3 heteroatoms. The lowest BCUT2D eigenvalue weighted by Crippen LogP contribution is -2.29. The van der Waals surface area contributed by atoms with Gasteiger partial charge in [-0.3, -0.25) is 0 Å². The van der Waals surface area contributed by atoms with Gasteiger partial charge in [-0.05, 0) is 35.7 Å². The van der Waals surface area contributed by atoms with E-state index in [9.17, 15) is 0 Å². The van der Waals surface area contributed by atoms with E-state index in [0.29, 0.717) is 12.1 Å². The van der Waals surface area contributed by atoms with E-state index in [0.717, 1.165) is 16.5 Å². The van der Waals surface area contributed by atoms with Gasteiger partial charge in [0.1, 0.15) is 0 Å². The second-order valence-electron chi connectivity index (χ2n) is 5.21. The van der Waals surface area contributed by atoms with E-state index in [1.165, 1.54) is 16.7 Å². The third-order valence-corrected chi connectivity index (χ3v) is 5.13. The summed E-state index contributed by atoms with van der Waals surface area (Å²) in [5.74, 6) is 2.26. The minimum absolute atomic E-state index is 0.323. The van der Waals surface area contributed by atoms with Crippen molar-refractivity contribution in [3.63, 3.8) is 0 Å². The van der Waals surface area contributed by atoms with E-state index in [2.05, 4.69) is 48.6 Å². The summed E-state index contributed by atoms with van der Waals surface area (Å²) in [5, 5.41) is 4.54. The Morgan fingerprint density at radius 3 is 2.70 bits per heavy atom. The zero-order valence-corrected chi connectivity index (χ0v) is 13.0. The molecule has 1 nitrogen and oxygen atoms in total. The highest BCUT2D eigenvalue weighted by molar-refractivity contribution is 7.98. The fourth-order valence-electron chi connectivity index (χ4n) is 2.67. The Kier molecular flexibility index (Phi) is 4.35. The molecule has 20 heavy (non-hydrogen) atoms. The van der Waals surface area contributed by atoms with E-state index >= 15 is 0 Å².